The summed E-state index contributed by atoms with van der Waals surface area (Å²) in [5.74, 6) is 0.210. The number of aromatic amines is 1. The summed E-state index contributed by atoms with van der Waals surface area (Å²) in [7, 11) is 1.98. The van der Waals surface area contributed by atoms with E-state index >= 15 is 0 Å². The lowest BCUT2D eigenvalue weighted by Gasteiger charge is -2.16. The van der Waals surface area contributed by atoms with Gasteiger partial charge in [-0.05, 0) is 39.4 Å². The van der Waals surface area contributed by atoms with Crippen molar-refractivity contribution < 1.29 is 0 Å². The molecule has 1 unspecified atom stereocenters. The molecule has 128 valence electrons. The second kappa shape index (κ2) is 6.60. The third-order valence-corrected chi connectivity index (χ3v) is 4.48. The monoisotopic (exact) mass is 329 g/mol. The van der Waals surface area contributed by atoms with Gasteiger partial charge in [-0.25, -0.2) is 14.2 Å². The van der Waals surface area contributed by atoms with E-state index < -0.39 is 11.4 Å². The summed E-state index contributed by atoms with van der Waals surface area (Å²) < 4.78 is 1.23. The number of hydrogen-bond donors (Lipinski definition) is 2. The minimum Gasteiger partial charge on any atom is -0.349 e. The van der Waals surface area contributed by atoms with Crippen LogP contribution in [0.4, 0.5) is 5.95 Å². The fourth-order valence-electron chi connectivity index (χ4n) is 3.17. The van der Waals surface area contributed by atoms with Gasteiger partial charge in [-0.3, -0.25) is 4.98 Å². The van der Waals surface area contributed by atoms with Gasteiger partial charge in [0, 0.05) is 6.54 Å². The number of aromatic nitrogens is 3. The zero-order valence-corrected chi connectivity index (χ0v) is 14.2. The van der Waals surface area contributed by atoms with Crippen molar-refractivity contribution in [3.63, 3.8) is 0 Å². The van der Waals surface area contributed by atoms with Crippen LogP contribution in [0.5, 0.6) is 0 Å². The summed E-state index contributed by atoms with van der Waals surface area (Å²) in [5, 5.41) is 3.10. The number of likely N-dealkylation sites (N-methyl/N-ethyl adjacent to an activating group) is 1. The van der Waals surface area contributed by atoms with E-state index in [0.717, 1.165) is 24.1 Å². The molecule has 2 heterocycles. The maximum absolute atomic E-state index is 12.3. The smallest absolute Gasteiger partial charge is 0.349 e. The molecule has 1 aromatic heterocycles. The second-order valence-electron chi connectivity index (χ2n) is 6.53. The number of nitrogens with zero attached hydrogens (tertiary/aromatic N) is 3. The Labute approximate surface area is 140 Å². The highest BCUT2D eigenvalue weighted by Crippen LogP contribution is 2.18. The van der Waals surface area contributed by atoms with E-state index in [1.807, 2.05) is 39.1 Å². The Hall–Kier alpha value is -2.41. The van der Waals surface area contributed by atoms with E-state index in [1.54, 1.807) is 0 Å². The van der Waals surface area contributed by atoms with Crippen molar-refractivity contribution in [3.05, 3.63) is 56.4 Å². The molecule has 1 aliphatic heterocycles. The van der Waals surface area contributed by atoms with Crippen molar-refractivity contribution in [3.8, 4) is 0 Å². The third-order valence-electron chi connectivity index (χ3n) is 4.48. The fraction of sp³-hybridized carbons (Fsp3) is 0.471. The lowest BCUT2D eigenvalue weighted by atomic mass is 10.1. The van der Waals surface area contributed by atoms with Gasteiger partial charge in [0.05, 0.1) is 12.1 Å². The molecule has 24 heavy (non-hydrogen) atoms. The van der Waals surface area contributed by atoms with Gasteiger partial charge in [-0.2, -0.15) is 4.98 Å². The maximum atomic E-state index is 12.3. The number of H-pyrrole nitrogens is 1. The van der Waals surface area contributed by atoms with E-state index in [1.165, 1.54) is 4.57 Å². The number of likely N-dealkylation sites (tertiary alicyclic amines) is 1. The van der Waals surface area contributed by atoms with Crippen LogP contribution >= 0.6 is 0 Å². The first kappa shape index (κ1) is 16.4. The quantitative estimate of drug-likeness (QED) is 0.883. The number of hydrogen-bond acceptors (Lipinski definition) is 5. The first-order valence-corrected chi connectivity index (χ1v) is 8.18. The molecule has 2 aromatic rings. The SMILES string of the molecule is Cc1cccc([C@H](C)Nc2nc(=O)n(C3CCN(C)C3)c(=O)[nH]2)c1. The van der Waals surface area contributed by atoms with Gasteiger partial charge < -0.3 is 10.2 Å². The van der Waals surface area contributed by atoms with E-state index in [9.17, 15) is 9.59 Å². The Morgan fingerprint density at radius 3 is 2.79 bits per heavy atom. The van der Waals surface area contributed by atoms with Gasteiger partial charge in [0.25, 0.3) is 0 Å². The molecule has 1 aromatic carbocycles. The normalized spacial score (nSPS) is 19.4. The minimum absolute atomic E-state index is 0.0686. The third kappa shape index (κ3) is 3.41. The lowest BCUT2D eigenvalue weighted by Crippen LogP contribution is -2.41. The standard InChI is InChI=1S/C17H23N5O2/c1-11-5-4-6-13(9-11)12(2)18-15-19-16(23)22(17(24)20-15)14-7-8-21(3)10-14/h4-6,9,12,14H,7-8,10H2,1-3H3,(H2,18,19,20,23,24)/t12-,14?/m0/s1. The van der Waals surface area contributed by atoms with Crippen LogP contribution in [0.1, 0.15) is 36.6 Å². The summed E-state index contributed by atoms with van der Waals surface area (Å²) in [4.78, 5) is 33.4. The van der Waals surface area contributed by atoms with E-state index in [2.05, 4.69) is 26.3 Å². The van der Waals surface area contributed by atoms with Crippen LogP contribution in [0.15, 0.2) is 33.9 Å². The summed E-state index contributed by atoms with van der Waals surface area (Å²) in [6.07, 6.45) is 0.785. The maximum Gasteiger partial charge on any atom is 0.355 e. The number of nitrogens with one attached hydrogen (secondary N) is 2. The molecule has 0 amide bonds. The molecule has 2 N–H and O–H groups in total. The molecule has 7 nitrogen and oxygen atoms in total. The van der Waals surface area contributed by atoms with E-state index in [-0.39, 0.29) is 18.0 Å². The van der Waals surface area contributed by atoms with Crippen LogP contribution in [-0.2, 0) is 0 Å². The van der Waals surface area contributed by atoms with Crippen LogP contribution in [0.3, 0.4) is 0 Å². The molecule has 1 fully saturated rings. The van der Waals surface area contributed by atoms with Crippen LogP contribution < -0.4 is 16.7 Å². The lowest BCUT2D eigenvalue weighted by molar-refractivity contribution is 0.383. The Bertz CT molecular complexity index is 810. The van der Waals surface area contributed by atoms with E-state index in [0.29, 0.717) is 6.54 Å². The van der Waals surface area contributed by atoms with Crippen molar-refractivity contribution in [2.45, 2.75) is 32.4 Å². The van der Waals surface area contributed by atoms with Gasteiger partial charge >= 0.3 is 11.4 Å². The van der Waals surface area contributed by atoms with Crippen molar-refractivity contribution in [1.29, 1.82) is 0 Å². The van der Waals surface area contributed by atoms with Crippen molar-refractivity contribution >= 4 is 5.95 Å². The molecule has 0 saturated carbocycles. The summed E-state index contributed by atoms with van der Waals surface area (Å²) in [5.41, 5.74) is 1.31. The summed E-state index contributed by atoms with van der Waals surface area (Å²) in [6.45, 7) is 5.56. The molecule has 0 bridgehead atoms. The average Bonchev–Trinajstić information content (AvgIpc) is 2.92. The van der Waals surface area contributed by atoms with Gasteiger partial charge in [-0.1, -0.05) is 29.8 Å². The molecule has 1 aliphatic rings. The van der Waals surface area contributed by atoms with Crippen LogP contribution in [-0.4, -0.2) is 39.6 Å². The largest absolute Gasteiger partial charge is 0.355 e. The predicted molar refractivity (Wildman–Crippen MR) is 93.5 cm³/mol. The molecule has 0 radical (unpaired) electrons. The van der Waals surface area contributed by atoms with Crippen molar-refractivity contribution in [2.24, 2.45) is 0 Å². The molecule has 7 heteroatoms. The van der Waals surface area contributed by atoms with Crippen LogP contribution in [0.2, 0.25) is 0 Å². The molecule has 0 aliphatic carbocycles. The fourth-order valence-corrected chi connectivity index (χ4v) is 3.17. The Morgan fingerprint density at radius 1 is 1.38 bits per heavy atom. The van der Waals surface area contributed by atoms with Crippen LogP contribution in [0.25, 0.3) is 0 Å². The summed E-state index contributed by atoms with van der Waals surface area (Å²) >= 11 is 0. The van der Waals surface area contributed by atoms with Crippen LogP contribution in [0, 0.1) is 6.92 Å². The van der Waals surface area contributed by atoms with Crippen molar-refractivity contribution in [2.75, 3.05) is 25.5 Å². The average molecular weight is 329 g/mol. The van der Waals surface area contributed by atoms with Gasteiger partial charge in [0.15, 0.2) is 0 Å². The molecule has 3 rings (SSSR count). The molecule has 0 spiro atoms. The summed E-state index contributed by atoms with van der Waals surface area (Å²) in [6, 6.07) is 7.89. The number of rotatable bonds is 4. The molecular formula is C17H23N5O2. The molecule has 1 saturated heterocycles. The minimum atomic E-state index is -0.502. The topological polar surface area (TPSA) is 83.0 Å². The Balaban J connectivity index is 1.83. The highest BCUT2D eigenvalue weighted by molar-refractivity contribution is 5.32. The number of aryl methyl sites for hydroxylation is 1. The first-order chi connectivity index (χ1) is 11.4. The zero-order valence-electron chi connectivity index (χ0n) is 14.2. The van der Waals surface area contributed by atoms with E-state index in [4.69, 9.17) is 0 Å². The van der Waals surface area contributed by atoms with Gasteiger partial charge in [0.2, 0.25) is 5.95 Å². The zero-order chi connectivity index (χ0) is 17.3. The number of benzene rings is 1. The first-order valence-electron chi connectivity index (χ1n) is 8.18. The molecular weight excluding hydrogens is 306 g/mol. The highest BCUT2D eigenvalue weighted by Gasteiger charge is 2.24. The predicted octanol–water partition coefficient (Wildman–Crippen LogP) is 1.29. The van der Waals surface area contributed by atoms with Gasteiger partial charge in [-0.15, -0.1) is 0 Å². The van der Waals surface area contributed by atoms with Crippen molar-refractivity contribution in [1.82, 2.24) is 19.4 Å². The highest BCUT2D eigenvalue weighted by atomic mass is 16.2. The number of anilines is 1. The second-order valence-corrected chi connectivity index (χ2v) is 6.53. The van der Waals surface area contributed by atoms with Gasteiger partial charge in [0.1, 0.15) is 0 Å². The Morgan fingerprint density at radius 2 is 2.17 bits per heavy atom. The molecule has 2 atom stereocenters. The Kier molecular flexibility index (Phi) is 4.53.